The van der Waals surface area contributed by atoms with E-state index in [1.807, 2.05) is 42.1 Å². The Morgan fingerprint density at radius 1 is 1.36 bits per heavy atom. The molecule has 1 aromatic carbocycles. The standard InChI is InChI=1S/C18H18N5O2/c1-11-14(18(24)25-2)9-23-16(11)17(20-10-21-23)22-15-5-3-4-12-8-19-7-6-13(12)15/h3-8,10-11,14H,9H2,1-2H3,(H,20,21,22)/q+1. The zero-order valence-electron chi connectivity index (χ0n) is 14.0. The Morgan fingerprint density at radius 3 is 3.08 bits per heavy atom. The van der Waals surface area contributed by atoms with Crippen LogP contribution < -0.4 is 10.00 Å². The van der Waals surface area contributed by atoms with E-state index in [0.29, 0.717) is 12.4 Å². The summed E-state index contributed by atoms with van der Waals surface area (Å²) in [5, 5.41) is 9.80. The summed E-state index contributed by atoms with van der Waals surface area (Å²) in [6.07, 6.45) is 5.10. The maximum atomic E-state index is 12.0. The molecule has 0 bridgehead atoms. The van der Waals surface area contributed by atoms with Gasteiger partial charge in [-0.05, 0) is 12.1 Å². The smallest absolute Gasteiger partial charge is 0.316 e. The van der Waals surface area contributed by atoms with Gasteiger partial charge in [-0.3, -0.25) is 9.78 Å². The first-order valence-corrected chi connectivity index (χ1v) is 8.11. The van der Waals surface area contributed by atoms with Crippen LogP contribution in [0.2, 0.25) is 0 Å². The zero-order valence-corrected chi connectivity index (χ0v) is 14.0. The van der Waals surface area contributed by atoms with Crippen molar-refractivity contribution in [2.24, 2.45) is 5.92 Å². The fourth-order valence-electron chi connectivity index (χ4n) is 3.41. The molecular weight excluding hydrogens is 318 g/mol. The van der Waals surface area contributed by atoms with E-state index in [0.717, 1.165) is 22.2 Å². The highest BCUT2D eigenvalue weighted by Gasteiger charge is 2.45. The summed E-state index contributed by atoms with van der Waals surface area (Å²) in [5.41, 5.74) is 1.85. The molecular formula is C18H18N5O2+. The van der Waals surface area contributed by atoms with Crippen molar-refractivity contribution >= 4 is 28.2 Å². The van der Waals surface area contributed by atoms with Gasteiger partial charge in [0, 0.05) is 34.0 Å². The molecule has 0 aliphatic carbocycles. The van der Waals surface area contributed by atoms with Crippen molar-refractivity contribution in [1.82, 2.24) is 15.1 Å². The molecule has 0 radical (unpaired) electrons. The van der Waals surface area contributed by atoms with Crippen LogP contribution in [-0.2, 0) is 16.1 Å². The molecule has 1 N–H and O–H groups in total. The lowest BCUT2D eigenvalue weighted by Crippen LogP contribution is -2.40. The monoisotopic (exact) mass is 336 g/mol. The van der Waals surface area contributed by atoms with Gasteiger partial charge in [0.15, 0.2) is 12.9 Å². The molecule has 1 aliphatic rings. The number of carbonyl (C=O) groups excluding carboxylic acids is 1. The molecule has 7 nitrogen and oxygen atoms in total. The summed E-state index contributed by atoms with van der Waals surface area (Å²) in [7, 11) is 1.41. The van der Waals surface area contributed by atoms with Crippen molar-refractivity contribution in [3.63, 3.8) is 0 Å². The normalized spacial score (nSPS) is 18.8. The van der Waals surface area contributed by atoms with Crippen LogP contribution >= 0.6 is 0 Å². The number of ether oxygens (including phenoxy) is 1. The fraction of sp³-hybridized carbons (Fsp3) is 0.278. The van der Waals surface area contributed by atoms with Gasteiger partial charge in [0.05, 0.1) is 13.0 Å². The van der Waals surface area contributed by atoms with Crippen molar-refractivity contribution in [1.29, 1.82) is 0 Å². The predicted octanol–water partition coefficient (Wildman–Crippen LogP) is 1.96. The average Bonchev–Trinajstić information content (AvgIpc) is 2.99. The van der Waals surface area contributed by atoms with E-state index in [1.165, 1.54) is 13.4 Å². The highest BCUT2D eigenvalue weighted by molar-refractivity contribution is 5.94. The Balaban J connectivity index is 1.74. The van der Waals surface area contributed by atoms with Crippen LogP contribution in [0, 0.1) is 5.92 Å². The van der Waals surface area contributed by atoms with E-state index in [4.69, 9.17) is 4.74 Å². The third-order valence-electron chi connectivity index (χ3n) is 4.74. The lowest BCUT2D eigenvalue weighted by molar-refractivity contribution is -0.750. The van der Waals surface area contributed by atoms with Crippen LogP contribution in [0.15, 0.2) is 43.0 Å². The SMILES string of the molecule is COC(=O)C1C[n+]2ncnc(Nc3cccc4cnccc34)c2C1C. The van der Waals surface area contributed by atoms with E-state index in [-0.39, 0.29) is 17.8 Å². The number of pyridine rings is 1. The lowest BCUT2D eigenvalue weighted by atomic mass is 9.95. The Kier molecular flexibility index (Phi) is 3.76. The second-order valence-corrected chi connectivity index (χ2v) is 6.12. The first-order valence-electron chi connectivity index (χ1n) is 8.11. The van der Waals surface area contributed by atoms with Gasteiger partial charge in [0.1, 0.15) is 5.92 Å². The quantitative estimate of drug-likeness (QED) is 0.582. The largest absolute Gasteiger partial charge is 0.469 e. The van der Waals surface area contributed by atoms with Crippen molar-refractivity contribution in [3.8, 4) is 0 Å². The van der Waals surface area contributed by atoms with Crippen molar-refractivity contribution in [2.45, 2.75) is 19.4 Å². The van der Waals surface area contributed by atoms with Gasteiger partial charge in [-0.2, -0.15) is 0 Å². The lowest BCUT2D eigenvalue weighted by Gasteiger charge is -2.11. The predicted molar refractivity (Wildman–Crippen MR) is 91.2 cm³/mol. The van der Waals surface area contributed by atoms with Crippen LogP contribution in [0.4, 0.5) is 11.5 Å². The maximum Gasteiger partial charge on any atom is 0.316 e. The average molecular weight is 336 g/mol. The number of nitrogens with one attached hydrogen (secondary N) is 1. The number of anilines is 2. The third-order valence-corrected chi connectivity index (χ3v) is 4.74. The van der Waals surface area contributed by atoms with Crippen LogP contribution in [0.1, 0.15) is 18.5 Å². The van der Waals surface area contributed by atoms with Crippen LogP contribution in [0.3, 0.4) is 0 Å². The molecule has 4 rings (SSSR count). The number of rotatable bonds is 3. The summed E-state index contributed by atoms with van der Waals surface area (Å²) in [5.74, 6) is 0.199. The number of methoxy groups -OCH3 is 1. The van der Waals surface area contributed by atoms with Gasteiger partial charge in [-0.25, -0.2) is 4.98 Å². The topological polar surface area (TPSA) is 80.9 Å². The minimum atomic E-state index is -0.251. The number of hydrogen-bond acceptors (Lipinski definition) is 6. The Morgan fingerprint density at radius 2 is 2.24 bits per heavy atom. The first-order chi connectivity index (χ1) is 12.2. The molecule has 1 aliphatic heterocycles. The molecule has 25 heavy (non-hydrogen) atoms. The number of aromatic nitrogens is 4. The van der Waals surface area contributed by atoms with Gasteiger partial charge in [-0.1, -0.05) is 23.7 Å². The molecule has 2 unspecified atom stereocenters. The highest BCUT2D eigenvalue weighted by Crippen LogP contribution is 2.34. The molecule has 2 atom stereocenters. The Labute approximate surface area is 144 Å². The second-order valence-electron chi connectivity index (χ2n) is 6.12. The number of nitrogens with zero attached hydrogens (tertiary/aromatic N) is 4. The molecule has 0 saturated heterocycles. The number of hydrogen-bond donors (Lipinski definition) is 1. The van der Waals surface area contributed by atoms with Gasteiger partial charge in [0.2, 0.25) is 5.82 Å². The van der Waals surface area contributed by atoms with Gasteiger partial charge < -0.3 is 10.1 Å². The minimum absolute atomic E-state index is 0.0345. The molecule has 0 saturated carbocycles. The number of esters is 1. The van der Waals surface area contributed by atoms with Crippen molar-refractivity contribution < 1.29 is 14.2 Å². The van der Waals surface area contributed by atoms with Gasteiger partial charge in [0.25, 0.3) is 5.69 Å². The minimum Gasteiger partial charge on any atom is -0.469 e. The summed E-state index contributed by atoms with van der Waals surface area (Å²) < 4.78 is 6.75. The summed E-state index contributed by atoms with van der Waals surface area (Å²) in [4.78, 5) is 20.6. The van der Waals surface area contributed by atoms with Crippen LogP contribution in [0.5, 0.6) is 0 Å². The van der Waals surface area contributed by atoms with Gasteiger partial charge in [-0.15, -0.1) is 0 Å². The first kappa shape index (κ1) is 15.4. The Hall–Kier alpha value is -3.09. The second kappa shape index (κ2) is 6.08. The Bertz CT molecular complexity index is 954. The number of carbonyl (C=O) groups is 1. The highest BCUT2D eigenvalue weighted by atomic mass is 16.5. The molecule has 7 heteroatoms. The summed E-state index contributed by atoms with van der Waals surface area (Å²) >= 11 is 0. The third kappa shape index (κ3) is 2.57. The van der Waals surface area contributed by atoms with Crippen molar-refractivity contribution in [3.05, 3.63) is 48.7 Å². The molecule has 2 aromatic heterocycles. The van der Waals surface area contributed by atoms with E-state index >= 15 is 0 Å². The maximum absolute atomic E-state index is 12.0. The molecule has 0 spiro atoms. The fourth-order valence-corrected chi connectivity index (χ4v) is 3.41. The summed E-state index contributed by atoms with van der Waals surface area (Å²) in [6, 6.07) is 7.95. The van der Waals surface area contributed by atoms with E-state index in [9.17, 15) is 4.79 Å². The molecule has 0 fully saturated rings. The summed E-state index contributed by atoms with van der Waals surface area (Å²) in [6.45, 7) is 2.50. The number of fused-ring (bicyclic) bond motifs is 2. The number of benzene rings is 1. The molecule has 0 amide bonds. The van der Waals surface area contributed by atoms with Gasteiger partial charge >= 0.3 is 5.97 Å². The van der Waals surface area contributed by atoms with E-state index < -0.39 is 0 Å². The van der Waals surface area contributed by atoms with E-state index in [1.54, 1.807) is 6.20 Å². The molecule has 126 valence electrons. The molecule has 3 aromatic rings. The van der Waals surface area contributed by atoms with E-state index in [2.05, 4.69) is 20.4 Å². The van der Waals surface area contributed by atoms with Crippen LogP contribution in [0.25, 0.3) is 10.8 Å². The van der Waals surface area contributed by atoms with Crippen LogP contribution in [-0.4, -0.2) is 28.1 Å². The molecule has 3 heterocycles. The van der Waals surface area contributed by atoms with Crippen molar-refractivity contribution in [2.75, 3.05) is 12.4 Å². The zero-order chi connectivity index (χ0) is 17.4.